The van der Waals surface area contributed by atoms with E-state index >= 15 is 0 Å². The van der Waals surface area contributed by atoms with Gasteiger partial charge in [0.1, 0.15) is 0 Å². The Bertz CT molecular complexity index is 329. The third-order valence-electron chi connectivity index (χ3n) is 2.35. The number of rotatable bonds is 6. The lowest BCUT2D eigenvalue weighted by molar-refractivity contribution is 0.0931. The SMILES string of the molecule is CNC(=S)NCC(C)COCc1ccccc1. The molecule has 0 aliphatic heterocycles. The summed E-state index contributed by atoms with van der Waals surface area (Å²) in [5, 5.41) is 6.68. The quantitative estimate of drug-likeness (QED) is 0.758. The first-order valence-corrected chi connectivity index (χ1v) is 6.20. The molecule has 0 bridgehead atoms. The van der Waals surface area contributed by atoms with Crippen molar-refractivity contribution in [1.29, 1.82) is 0 Å². The van der Waals surface area contributed by atoms with E-state index < -0.39 is 0 Å². The smallest absolute Gasteiger partial charge is 0.166 e. The zero-order chi connectivity index (χ0) is 12.5. The summed E-state index contributed by atoms with van der Waals surface area (Å²) in [4.78, 5) is 0. The third-order valence-corrected chi connectivity index (χ3v) is 2.70. The van der Waals surface area contributed by atoms with Gasteiger partial charge in [-0.3, -0.25) is 0 Å². The molecule has 0 fully saturated rings. The van der Waals surface area contributed by atoms with E-state index in [1.165, 1.54) is 5.56 Å². The number of ether oxygens (including phenoxy) is 1. The van der Waals surface area contributed by atoms with Crippen molar-refractivity contribution in [3.8, 4) is 0 Å². The van der Waals surface area contributed by atoms with E-state index in [1.54, 1.807) is 0 Å². The van der Waals surface area contributed by atoms with Gasteiger partial charge >= 0.3 is 0 Å². The number of thiocarbonyl (C=S) groups is 1. The molecule has 1 rings (SSSR count). The van der Waals surface area contributed by atoms with Crippen LogP contribution in [0.4, 0.5) is 0 Å². The van der Waals surface area contributed by atoms with Crippen LogP contribution in [0, 0.1) is 5.92 Å². The van der Waals surface area contributed by atoms with Crippen molar-refractivity contribution in [2.45, 2.75) is 13.5 Å². The molecule has 4 heteroatoms. The molecule has 0 aliphatic rings. The Morgan fingerprint density at radius 1 is 1.35 bits per heavy atom. The summed E-state index contributed by atoms with van der Waals surface area (Å²) in [6.45, 7) is 4.36. The molecule has 94 valence electrons. The minimum Gasteiger partial charge on any atom is -0.376 e. The molecule has 0 amide bonds. The van der Waals surface area contributed by atoms with Gasteiger partial charge in [0.05, 0.1) is 13.2 Å². The summed E-state index contributed by atoms with van der Waals surface area (Å²) in [5.74, 6) is 0.435. The first kappa shape index (κ1) is 13.9. The molecule has 1 aromatic rings. The molecule has 1 aromatic carbocycles. The van der Waals surface area contributed by atoms with E-state index in [1.807, 2.05) is 25.2 Å². The average Bonchev–Trinajstić information content (AvgIpc) is 2.37. The maximum absolute atomic E-state index is 5.64. The van der Waals surface area contributed by atoms with Crippen LogP contribution in [0.1, 0.15) is 12.5 Å². The Morgan fingerprint density at radius 3 is 2.71 bits per heavy atom. The molecular formula is C13H20N2OS. The predicted molar refractivity (Wildman–Crippen MR) is 74.9 cm³/mol. The molecule has 0 aliphatic carbocycles. The molecule has 2 N–H and O–H groups in total. The van der Waals surface area contributed by atoms with Crippen LogP contribution in [0.2, 0.25) is 0 Å². The van der Waals surface area contributed by atoms with Crippen LogP contribution in [0.3, 0.4) is 0 Å². The molecule has 1 atom stereocenters. The average molecular weight is 252 g/mol. The lowest BCUT2D eigenvalue weighted by Crippen LogP contribution is -2.36. The molecule has 0 saturated heterocycles. The Hall–Kier alpha value is -1.13. The van der Waals surface area contributed by atoms with Gasteiger partial charge < -0.3 is 15.4 Å². The molecule has 0 radical (unpaired) electrons. The standard InChI is InChI=1S/C13H20N2OS/c1-11(8-15-13(17)14-2)9-16-10-12-6-4-3-5-7-12/h3-7,11H,8-10H2,1-2H3,(H2,14,15,17). The number of hydrogen-bond acceptors (Lipinski definition) is 2. The van der Waals surface area contributed by atoms with Crippen molar-refractivity contribution in [1.82, 2.24) is 10.6 Å². The lowest BCUT2D eigenvalue weighted by Gasteiger charge is -2.14. The molecule has 0 aromatic heterocycles. The zero-order valence-corrected chi connectivity index (χ0v) is 11.2. The highest BCUT2D eigenvalue weighted by Gasteiger charge is 2.02. The summed E-state index contributed by atoms with van der Waals surface area (Å²) >= 11 is 5.00. The number of nitrogens with one attached hydrogen (secondary N) is 2. The lowest BCUT2D eigenvalue weighted by atomic mass is 10.2. The van der Waals surface area contributed by atoms with Crippen LogP contribution in [0.25, 0.3) is 0 Å². The minimum atomic E-state index is 0.435. The van der Waals surface area contributed by atoms with E-state index in [0.29, 0.717) is 17.6 Å². The van der Waals surface area contributed by atoms with Gasteiger partial charge in [-0.15, -0.1) is 0 Å². The van der Waals surface area contributed by atoms with Crippen LogP contribution in [0.15, 0.2) is 30.3 Å². The van der Waals surface area contributed by atoms with Crippen molar-refractivity contribution in [3.05, 3.63) is 35.9 Å². The van der Waals surface area contributed by atoms with E-state index in [4.69, 9.17) is 17.0 Å². The second-order valence-corrected chi connectivity index (χ2v) is 4.47. The Morgan fingerprint density at radius 2 is 2.06 bits per heavy atom. The summed E-state index contributed by atoms with van der Waals surface area (Å²) in [6, 6.07) is 10.2. The van der Waals surface area contributed by atoms with Crippen molar-refractivity contribution < 1.29 is 4.74 Å². The van der Waals surface area contributed by atoms with E-state index in [9.17, 15) is 0 Å². The highest BCUT2D eigenvalue weighted by Crippen LogP contribution is 2.02. The second kappa shape index (κ2) is 8.03. The topological polar surface area (TPSA) is 33.3 Å². The Kier molecular flexibility index (Phi) is 6.58. The van der Waals surface area contributed by atoms with Crippen molar-refractivity contribution in [2.24, 2.45) is 5.92 Å². The van der Waals surface area contributed by atoms with Crippen molar-refractivity contribution >= 4 is 17.3 Å². The van der Waals surface area contributed by atoms with Crippen LogP contribution in [0.5, 0.6) is 0 Å². The van der Waals surface area contributed by atoms with Gasteiger partial charge in [-0.2, -0.15) is 0 Å². The van der Waals surface area contributed by atoms with E-state index in [-0.39, 0.29) is 0 Å². The Balaban J connectivity index is 2.12. The van der Waals surface area contributed by atoms with E-state index in [2.05, 4.69) is 29.7 Å². The number of benzene rings is 1. The van der Waals surface area contributed by atoms with Gasteiger partial charge in [0, 0.05) is 13.6 Å². The third kappa shape index (κ3) is 6.24. The van der Waals surface area contributed by atoms with Gasteiger partial charge in [0.25, 0.3) is 0 Å². The predicted octanol–water partition coefficient (Wildman–Crippen LogP) is 1.93. The van der Waals surface area contributed by atoms with Crippen molar-refractivity contribution in [3.63, 3.8) is 0 Å². The monoisotopic (exact) mass is 252 g/mol. The summed E-state index contributed by atoms with van der Waals surface area (Å²) in [5.41, 5.74) is 1.21. The fourth-order valence-electron chi connectivity index (χ4n) is 1.37. The first-order chi connectivity index (χ1) is 8.22. The summed E-state index contributed by atoms with van der Waals surface area (Å²) in [7, 11) is 1.81. The normalized spacial score (nSPS) is 11.9. The maximum Gasteiger partial charge on any atom is 0.166 e. The molecule has 17 heavy (non-hydrogen) atoms. The van der Waals surface area contributed by atoms with Gasteiger partial charge in [-0.1, -0.05) is 37.3 Å². The van der Waals surface area contributed by atoms with Gasteiger partial charge in [0.15, 0.2) is 5.11 Å². The van der Waals surface area contributed by atoms with Crippen LogP contribution >= 0.6 is 12.2 Å². The summed E-state index contributed by atoms with van der Waals surface area (Å²) in [6.07, 6.45) is 0. The van der Waals surface area contributed by atoms with Crippen LogP contribution in [-0.4, -0.2) is 25.3 Å². The molecular weight excluding hydrogens is 232 g/mol. The summed E-state index contributed by atoms with van der Waals surface area (Å²) < 4.78 is 5.64. The largest absolute Gasteiger partial charge is 0.376 e. The van der Waals surface area contributed by atoms with Crippen LogP contribution in [-0.2, 0) is 11.3 Å². The number of hydrogen-bond donors (Lipinski definition) is 2. The fraction of sp³-hybridized carbons (Fsp3) is 0.462. The van der Waals surface area contributed by atoms with Gasteiger partial charge in [-0.05, 0) is 23.7 Å². The molecule has 0 spiro atoms. The molecule has 0 heterocycles. The highest BCUT2D eigenvalue weighted by molar-refractivity contribution is 7.80. The Labute approximate surface area is 109 Å². The van der Waals surface area contributed by atoms with Crippen molar-refractivity contribution in [2.75, 3.05) is 20.2 Å². The molecule has 3 nitrogen and oxygen atoms in total. The van der Waals surface area contributed by atoms with Gasteiger partial charge in [0.2, 0.25) is 0 Å². The highest BCUT2D eigenvalue weighted by atomic mass is 32.1. The molecule has 1 unspecified atom stereocenters. The molecule has 0 saturated carbocycles. The fourth-order valence-corrected chi connectivity index (χ4v) is 1.45. The zero-order valence-electron chi connectivity index (χ0n) is 10.4. The van der Waals surface area contributed by atoms with E-state index in [0.717, 1.165) is 13.2 Å². The van der Waals surface area contributed by atoms with Crippen LogP contribution < -0.4 is 10.6 Å². The maximum atomic E-state index is 5.64. The first-order valence-electron chi connectivity index (χ1n) is 5.79. The second-order valence-electron chi connectivity index (χ2n) is 4.07. The van der Waals surface area contributed by atoms with Gasteiger partial charge in [-0.25, -0.2) is 0 Å². The minimum absolute atomic E-state index is 0.435.